The summed E-state index contributed by atoms with van der Waals surface area (Å²) in [5.74, 6) is -0.775. The fourth-order valence-electron chi connectivity index (χ4n) is 2.04. The first-order valence-electron chi connectivity index (χ1n) is 5.25. The Bertz CT molecular complexity index is 345. The van der Waals surface area contributed by atoms with Crippen molar-refractivity contribution < 1.29 is 9.90 Å². The first-order chi connectivity index (χ1) is 7.15. The van der Waals surface area contributed by atoms with E-state index in [2.05, 4.69) is 16.9 Å². The molecule has 4 nitrogen and oxygen atoms in total. The molecule has 2 N–H and O–H groups in total. The van der Waals surface area contributed by atoms with Crippen molar-refractivity contribution in [3.05, 3.63) is 23.0 Å². The van der Waals surface area contributed by atoms with Gasteiger partial charge in [-0.2, -0.15) is 0 Å². The number of aliphatic carboxylic acids is 1. The van der Waals surface area contributed by atoms with Crippen LogP contribution in [0.15, 0.2) is 6.07 Å². The van der Waals surface area contributed by atoms with Crippen LogP contribution in [0.1, 0.15) is 17.0 Å². The molecule has 0 aliphatic carbocycles. The number of carboxylic acid groups (broad SMARTS) is 1. The smallest absolute Gasteiger partial charge is 0.309 e. The molecule has 1 aromatic rings. The number of nitrogens with one attached hydrogen (secondary N) is 1. The molecule has 15 heavy (non-hydrogen) atoms. The summed E-state index contributed by atoms with van der Waals surface area (Å²) >= 11 is 0. The highest BCUT2D eigenvalue weighted by Gasteiger charge is 2.14. The van der Waals surface area contributed by atoms with E-state index >= 15 is 0 Å². The molecular weight excluding hydrogens is 192 g/mol. The van der Waals surface area contributed by atoms with E-state index in [0.29, 0.717) is 0 Å². The average molecular weight is 208 g/mol. The van der Waals surface area contributed by atoms with Crippen LogP contribution in [0.3, 0.4) is 0 Å². The van der Waals surface area contributed by atoms with Crippen LogP contribution in [-0.4, -0.2) is 41.1 Å². The molecule has 2 heterocycles. The number of hydrogen-bond acceptors (Lipinski definition) is 2. The van der Waals surface area contributed by atoms with Gasteiger partial charge in [-0.25, -0.2) is 0 Å². The van der Waals surface area contributed by atoms with Crippen molar-refractivity contribution in [3.63, 3.8) is 0 Å². The van der Waals surface area contributed by atoms with Gasteiger partial charge in [-0.05, 0) is 25.1 Å². The van der Waals surface area contributed by atoms with E-state index in [1.807, 2.05) is 6.07 Å². The van der Waals surface area contributed by atoms with Gasteiger partial charge in [0.25, 0.3) is 0 Å². The number of carbonyl (C=O) groups is 1. The Morgan fingerprint density at radius 2 is 2.27 bits per heavy atom. The van der Waals surface area contributed by atoms with Crippen LogP contribution in [0.2, 0.25) is 0 Å². The highest BCUT2D eigenvalue weighted by atomic mass is 16.4. The third-order valence-corrected chi connectivity index (χ3v) is 2.90. The SMILES string of the molecule is CN1CCc2cc(CC(=O)O)[nH]c2CC1. The number of H-pyrrole nitrogens is 1. The summed E-state index contributed by atoms with van der Waals surface area (Å²) in [6.45, 7) is 2.09. The van der Waals surface area contributed by atoms with Crippen molar-refractivity contribution in [1.82, 2.24) is 9.88 Å². The molecule has 2 rings (SSSR count). The number of aromatic nitrogens is 1. The summed E-state index contributed by atoms with van der Waals surface area (Å²) in [5.41, 5.74) is 3.34. The van der Waals surface area contributed by atoms with E-state index in [4.69, 9.17) is 5.11 Å². The predicted molar refractivity (Wildman–Crippen MR) is 57.0 cm³/mol. The third kappa shape index (κ3) is 2.39. The van der Waals surface area contributed by atoms with Gasteiger partial charge in [0.05, 0.1) is 6.42 Å². The Kier molecular flexibility index (Phi) is 2.77. The van der Waals surface area contributed by atoms with E-state index < -0.39 is 5.97 Å². The van der Waals surface area contributed by atoms with Crippen molar-refractivity contribution in [2.45, 2.75) is 19.3 Å². The molecule has 0 bridgehead atoms. The summed E-state index contributed by atoms with van der Waals surface area (Å²) in [5, 5.41) is 8.70. The largest absolute Gasteiger partial charge is 0.481 e. The van der Waals surface area contributed by atoms with Gasteiger partial charge in [-0.3, -0.25) is 4.79 Å². The number of likely N-dealkylation sites (N-methyl/N-ethyl adjacent to an activating group) is 1. The second-order valence-corrected chi connectivity index (χ2v) is 4.17. The number of fused-ring (bicyclic) bond motifs is 1. The quantitative estimate of drug-likeness (QED) is 0.751. The Hall–Kier alpha value is -1.29. The van der Waals surface area contributed by atoms with Gasteiger partial charge < -0.3 is 15.0 Å². The van der Waals surface area contributed by atoms with E-state index in [-0.39, 0.29) is 6.42 Å². The molecule has 0 saturated carbocycles. The maximum atomic E-state index is 10.6. The lowest BCUT2D eigenvalue weighted by atomic mass is 10.1. The average Bonchev–Trinajstić information content (AvgIpc) is 2.45. The Morgan fingerprint density at radius 1 is 1.53 bits per heavy atom. The standard InChI is InChI=1S/C11H16N2O2/c1-13-4-2-8-6-9(7-11(14)15)12-10(8)3-5-13/h6,12H,2-5,7H2,1H3,(H,14,15). The molecule has 0 unspecified atom stereocenters. The van der Waals surface area contributed by atoms with Crippen molar-refractivity contribution in [3.8, 4) is 0 Å². The molecule has 1 aromatic heterocycles. The second kappa shape index (κ2) is 4.06. The predicted octanol–water partition coefficient (Wildman–Crippen LogP) is 0.672. The van der Waals surface area contributed by atoms with E-state index in [1.54, 1.807) is 0 Å². The lowest BCUT2D eigenvalue weighted by Gasteiger charge is -2.11. The topological polar surface area (TPSA) is 56.3 Å². The number of rotatable bonds is 2. The molecule has 1 aliphatic rings. The molecule has 0 amide bonds. The Morgan fingerprint density at radius 3 is 3.00 bits per heavy atom. The van der Waals surface area contributed by atoms with Crippen LogP contribution >= 0.6 is 0 Å². The molecule has 0 saturated heterocycles. The third-order valence-electron chi connectivity index (χ3n) is 2.90. The molecule has 82 valence electrons. The zero-order valence-electron chi connectivity index (χ0n) is 8.92. The summed E-state index contributed by atoms with van der Waals surface area (Å²) in [6, 6.07) is 2.00. The zero-order valence-corrected chi connectivity index (χ0v) is 8.92. The first kappa shape index (κ1) is 10.2. The minimum absolute atomic E-state index is 0.100. The molecule has 0 radical (unpaired) electrons. The van der Waals surface area contributed by atoms with Crippen molar-refractivity contribution in [1.29, 1.82) is 0 Å². The van der Waals surface area contributed by atoms with Gasteiger partial charge in [0, 0.05) is 30.9 Å². The highest BCUT2D eigenvalue weighted by Crippen LogP contribution is 2.16. The van der Waals surface area contributed by atoms with E-state index in [0.717, 1.165) is 31.6 Å². The van der Waals surface area contributed by atoms with Gasteiger partial charge in [0.1, 0.15) is 0 Å². The van der Waals surface area contributed by atoms with Crippen LogP contribution < -0.4 is 0 Å². The molecule has 0 atom stereocenters. The monoisotopic (exact) mass is 208 g/mol. The summed E-state index contributed by atoms with van der Waals surface area (Å²) < 4.78 is 0. The molecule has 4 heteroatoms. The minimum Gasteiger partial charge on any atom is -0.481 e. The molecular formula is C11H16N2O2. The van der Waals surface area contributed by atoms with Gasteiger partial charge >= 0.3 is 5.97 Å². The number of nitrogens with zero attached hydrogens (tertiary/aromatic N) is 1. The van der Waals surface area contributed by atoms with Gasteiger partial charge in [0.15, 0.2) is 0 Å². The molecule has 0 spiro atoms. The van der Waals surface area contributed by atoms with Crippen LogP contribution in [-0.2, 0) is 24.1 Å². The number of aromatic amines is 1. The lowest BCUT2D eigenvalue weighted by Crippen LogP contribution is -2.21. The van der Waals surface area contributed by atoms with Crippen molar-refractivity contribution in [2.24, 2.45) is 0 Å². The zero-order chi connectivity index (χ0) is 10.8. The number of carboxylic acids is 1. The number of hydrogen-bond donors (Lipinski definition) is 2. The second-order valence-electron chi connectivity index (χ2n) is 4.17. The van der Waals surface area contributed by atoms with Crippen LogP contribution in [0, 0.1) is 0 Å². The lowest BCUT2D eigenvalue weighted by molar-refractivity contribution is -0.136. The van der Waals surface area contributed by atoms with Crippen LogP contribution in [0.4, 0.5) is 0 Å². The molecule has 0 aromatic carbocycles. The fourth-order valence-corrected chi connectivity index (χ4v) is 2.04. The van der Waals surface area contributed by atoms with Crippen LogP contribution in [0.25, 0.3) is 0 Å². The maximum Gasteiger partial charge on any atom is 0.309 e. The normalized spacial score (nSPS) is 17.1. The van der Waals surface area contributed by atoms with Crippen molar-refractivity contribution in [2.75, 3.05) is 20.1 Å². The Balaban J connectivity index is 2.15. The first-order valence-corrected chi connectivity index (χ1v) is 5.25. The van der Waals surface area contributed by atoms with Gasteiger partial charge in [-0.15, -0.1) is 0 Å². The van der Waals surface area contributed by atoms with Crippen LogP contribution in [0.5, 0.6) is 0 Å². The van der Waals surface area contributed by atoms with E-state index in [1.165, 1.54) is 11.3 Å². The summed E-state index contributed by atoms with van der Waals surface area (Å²) in [7, 11) is 2.12. The Labute approximate surface area is 88.9 Å². The van der Waals surface area contributed by atoms with Gasteiger partial charge in [-0.1, -0.05) is 0 Å². The minimum atomic E-state index is -0.775. The van der Waals surface area contributed by atoms with Gasteiger partial charge in [0.2, 0.25) is 0 Å². The highest BCUT2D eigenvalue weighted by molar-refractivity contribution is 5.69. The van der Waals surface area contributed by atoms with E-state index in [9.17, 15) is 4.79 Å². The van der Waals surface area contributed by atoms with Crippen molar-refractivity contribution >= 4 is 5.97 Å². The summed E-state index contributed by atoms with van der Waals surface area (Å²) in [4.78, 5) is 16.1. The molecule has 0 fully saturated rings. The fraction of sp³-hybridized carbons (Fsp3) is 0.545. The molecule has 1 aliphatic heterocycles. The summed E-state index contributed by atoms with van der Waals surface area (Å²) in [6.07, 6.45) is 2.11. The maximum absolute atomic E-state index is 10.6.